The van der Waals surface area contributed by atoms with Gasteiger partial charge in [0.05, 0.1) is 11.0 Å². The lowest BCUT2D eigenvalue weighted by molar-refractivity contribution is -0.384. The summed E-state index contributed by atoms with van der Waals surface area (Å²) in [5.74, 6) is -0.337. The minimum atomic E-state index is -1.04. The third kappa shape index (κ3) is 3.52. The Balaban J connectivity index is 2.65. The quantitative estimate of drug-likeness (QED) is 0.648. The Morgan fingerprint density at radius 1 is 1.47 bits per heavy atom. The maximum atomic E-state index is 11.8. The highest BCUT2D eigenvalue weighted by atomic mass is 16.6. The zero-order chi connectivity index (χ0) is 14.5. The number of nitrogens with zero attached hydrogens (tertiary/aromatic N) is 2. The van der Waals surface area contributed by atoms with Gasteiger partial charge in [0.25, 0.3) is 5.69 Å². The summed E-state index contributed by atoms with van der Waals surface area (Å²) in [7, 11) is 0. The van der Waals surface area contributed by atoms with E-state index in [4.69, 9.17) is 5.26 Å². The summed E-state index contributed by atoms with van der Waals surface area (Å²) >= 11 is 0. The van der Waals surface area contributed by atoms with E-state index in [2.05, 4.69) is 5.32 Å². The van der Waals surface area contributed by atoms with Crippen LogP contribution in [0.4, 0.5) is 5.69 Å². The molecular weight excluding hydrogens is 246 g/mol. The van der Waals surface area contributed by atoms with Crippen LogP contribution in [0, 0.1) is 26.9 Å². The number of nitro benzene ring substituents is 1. The monoisotopic (exact) mass is 261 g/mol. The summed E-state index contributed by atoms with van der Waals surface area (Å²) in [6, 6.07) is 7.90. The zero-order valence-electron chi connectivity index (χ0n) is 10.8. The molecule has 0 bridgehead atoms. The fourth-order valence-electron chi connectivity index (χ4n) is 1.40. The van der Waals surface area contributed by atoms with Gasteiger partial charge in [-0.2, -0.15) is 5.26 Å². The van der Waals surface area contributed by atoms with Gasteiger partial charge in [0.2, 0.25) is 5.91 Å². The van der Waals surface area contributed by atoms with Crippen LogP contribution in [0.1, 0.15) is 25.8 Å². The predicted molar refractivity (Wildman–Crippen MR) is 69.0 cm³/mol. The Morgan fingerprint density at radius 3 is 2.47 bits per heavy atom. The summed E-state index contributed by atoms with van der Waals surface area (Å²) in [5, 5.41) is 22.1. The van der Waals surface area contributed by atoms with Gasteiger partial charge in [-0.05, 0) is 18.9 Å². The van der Waals surface area contributed by atoms with Crippen LogP contribution < -0.4 is 5.32 Å². The Labute approximate surface area is 111 Å². The van der Waals surface area contributed by atoms with Gasteiger partial charge in [0, 0.05) is 18.7 Å². The fraction of sp³-hybridized carbons (Fsp3) is 0.385. The van der Waals surface area contributed by atoms with Crippen molar-refractivity contribution in [3.05, 3.63) is 39.9 Å². The highest BCUT2D eigenvalue weighted by Crippen LogP contribution is 2.20. The molecule has 0 aliphatic rings. The lowest BCUT2D eigenvalue weighted by Gasteiger charge is -2.18. The first-order valence-electron chi connectivity index (χ1n) is 5.86. The lowest BCUT2D eigenvalue weighted by Crippen LogP contribution is -2.37. The van der Waals surface area contributed by atoms with Crippen molar-refractivity contribution in [1.82, 2.24) is 5.32 Å². The normalized spacial score (nSPS) is 13.1. The van der Waals surface area contributed by atoms with E-state index < -0.39 is 10.3 Å². The van der Waals surface area contributed by atoms with Gasteiger partial charge in [0.15, 0.2) is 0 Å². The number of nitrogens with one attached hydrogen (secondary N) is 1. The van der Waals surface area contributed by atoms with Crippen LogP contribution >= 0.6 is 0 Å². The van der Waals surface area contributed by atoms with Crippen molar-refractivity contribution in [2.75, 3.05) is 0 Å². The highest BCUT2D eigenvalue weighted by Gasteiger charge is 2.30. The average Bonchev–Trinajstić information content (AvgIpc) is 2.44. The molecule has 0 saturated heterocycles. The van der Waals surface area contributed by atoms with Crippen molar-refractivity contribution in [1.29, 1.82) is 5.26 Å². The maximum absolute atomic E-state index is 11.8. The van der Waals surface area contributed by atoms with Crippen LogP contribution in [0.2, 0.25) is 0 Å². The molecule has 6 heteroatoms. The number of benzene rings is 1. The van der Waals surface area contributed by atoms with Gasteiger partial charge in [-0.3, -0.25) is 14.9 Å². The first kappa shape index (κ1) is 14.6. The Morgan fingerprint density at radius 2 is 2.05 bits per heavy atom. The first-order valence-corrected chi connectivity index (χ1v) is 5.86. The smallest absolute Gasteiger partial charge is 0.269 e. The second-order valence-corrected chi connectivity index (χ2v) is 4.40. The molecule has 1 unspecified atom stereocenters. The molecule has 1 amide bonds. The molecule has 6 nitrogen and oxygen atoms in total. The van der Waals surface area contributed by atoms with E-state index in [-0.39, 0.29) is 18.1 Å². The minimum absolute atomic E-state index is 0.00509. The standard InChI is InChI=1S/C13H15N3O3/c1-3-13(2,9-14)12(17)15-8-10-4-6-11(7-5-10)16(18)19/h4-7H,3,8H2,1-2H3,(H,15,17). The Kier molecular flexibility index (Phi) is 4.59. The van der Waals surface area contributed by atoms with E-state index in [0.29, 0.717) is 6.42 Å². The summed E-state index contributed by atoms with van der Waals surface area (Å²) < 4.78 is 0. The van der Waals surface area contributed by atoms with Crippen molar-refractivity contribution in [2.24, 2.45) is 5.41 Å². The number of hydrogen-bond donors (Lipinski definition) is 1. The summed E-state index contributed by atoms with van der Waals surface area (Å²) in [6.45, 7) is 3.60. The van der Waals surface area contributed by atoms with E-state index in [9.17, 15) is 14.9 Å². The summed E-state index contributed by atoms with van der Waals surface area (Å²) in [6.07, 6.45) is 0.426. The molecule has 1 rings (SSSR count). The zero-order valence-corrected chi connectivity index (χ0v) is 10.8. The molecular formula is C13H15N3O3. The molecule has 1 aromatic carbocycles. The van der Waals surface area contributed by atoms with Gasteiger partial charge < -0.3 is 5.32 Å². The molecule has 0 fully saturated rings. The number of hydrogen-bond acceptors (Lipinski definition) is 4. The largest absolute Gasteiger partial charge is 0.351 e. The lowest BCUT2D eigenvalue weighted by atomic mass is 9.88. The van der Waals surface area contributed by atoms with Crippen LogP contribution in [-0.2, 0) is 11.3 Å². The number of non-ortho nitro benzene ring substituents is 1. The molecule has 0 heterocycles. The van der Waals surface area contributed by atoms with E-state index in [1.165, 1.54) is 12.1 Å². The van der Waals surface area contributed by atoms with Crippen molar-refractivity contribution < 1.29 is 9.72 Å². The number of rotatable bonds is 5. The summed E-state index contributed by atoms with van der Waals surface area (Å²) in [5.41, 5.74) is -0.290. The molecule has 1 atom stereocenters. The molecule has 0 aliphatic heterocycles. The first-order chi connectivity index (χ1) is 8.92. The molecule has 1 N–H and O–H groups in total. The Bertz CT molecular complexity index is 519. The third-order valence-electron chi connectivity index (χ3n) is 3.06. The number of nitriles is 1. The molecule has 0 aromatic heterocycles. The van der Waals surface area contributed by atoms with Crippen LogP contribution in [0.5, 0.6) is 0 Å². The van der Waals surface area contributed by atoms with Gasteiger partial charge in [-0.25, -0.2) is 0 Å². The van der Waals surface area contributed by atoms with Gasteiger partial charge in [-0.15, -0.1) is 0 Å². The van der Waals surface area contributed by atoms with Crippen LogP contribution in [0.3, 0.4) is 0 Å². The van der Waals surface area contributed by atoms with E-state index in [0.717, 1.165) is 5.56 Å². The molecule has 1 aromatic rings. The van der Waals surface area contributed by atoms with E-state index >= 15 is 0 Å². The van der Waals surface area contributed by atoms with Gasteiger partial charge in [-0.1, -0.05) is 19.1 Å². The SMILES string of the molecule is CCC(C)(C#N)C(=O)NCc1ccc([N+](=O)[O-])cc1. The highest BCUT2D eigenvalue weighted by molar-refractivity contribution is 5.84. The maximum Gasteiger partial charge on any atom is 0.269 e. The topological polar surface area (TPSA) is 96.0 Å². The molecule has 0 radical (unpaired) electrons. The van der Waals surface area contributed by atoms with E-state index in [1.54, 1.807) is 26.0 Å². The van der Waals surface area contributed by atoms with Crippen molar-refractivity contribution in [3.8, 4) is 6.07 Å². The number of carbonyl (C=O) groups is 1. The summed E-state index contributed by atoms with van der Waals surface area (Å²) in [4.78, 5) is 21.8. The van der Waals surface area contributed by atoms with Crippen molar-refractivity contribution in [3.63, 3.8) is 0 Å². The van der Waals surface area contributed by atoms with Crippen LogP contribution in [-0.4, -0.2) is 10.8 Å². The van der Waals surface area contributed by atoms with Crippen LogP contribution in [0.15, 0.2) is 24.3 Å². The van der Waals surface area contributed by atoms with Crippen LogP contribution in [0.25, 0.3) is 0 Å². The van der Waals surface area contributed by atoms with Crippen molar-refractivity contribution in [2.45, 2.75) is 26.8 Å². The predicted octanol–water partition coefficient (Wildman–Crippen LogP) is 2.15. The fourth-order valence-corrected chi connectivity index (χ4v) is 1.40. The third-order valence-corrected chi connectivity index (χ3v) is 3.06. The number of nitro groups is 1. The molecule has 100 valence electrons. The molecule has 0 spiro atoms. The number of carbonyl (C=O) groups excluding carboxylic acids is 1. The van der Waals surface area contributed by atoms with Gasteiger partial charge in [0.1, 0.15) is 5.41 Å². The number of amides is 1. The van der Waals surface area contributed by atoms with E-state index in [1.807, 2.05) is 6.07 Å². The second kappa shape index (κ2) is 5.96. The molecule has 19 heavy (non-hydrogen) atoms. The Hall–Kier alpha value is -2.42. The average molecular weight is 261 g/mol. The van der Waals surface area contributed by atoms with Crippen molar-refractivity contribution >= 4 is 11.6 Å². The minimum Gasteiger partial charge on any atom is -0.351 e. The molecule has 0 saturated carbocycles. The van der Waals surface area contributed by atoms with Gasteiger partial charge >= 0.3 is 0 Å². The second-order valence-electron chi connectivity index (χ2n) is 4.40. The molecule has 0 aliphatic carbocycles.